The van der Waals surface area contributed by atoms with E-state index in [4.69, 9.17) is 9.47 Å². The summed E-state index contributed by atoms with van der Waals surface area (Å²) in [5.41, 5.74) is 0.961. The van der Waals surface area contributed by atoms with Gasteiger partial charge in [0.05, 0.1) is 6.61 Å². The van der Waals surface area contributed by atoms with Crippen molar-refractivity contribution in [1.29, 1.82) is 0 Å². The molecule has 2 aromatic rings. The molecule has 1 amide bonds. The number of rotatable bonds is 8. The van der Waals surface area contributed by atoms with Crippen LogP contribution >= 0.6 is 0 Å². The summed E-state index contributed by atoms with van der Waals surface area (Å²) in [5, 5.41) is 0. The molecule has 6 nitrogen and oxygen atoms in total. The Balaban J connectivity index is 1.98. The molecule has 0 bridgehead atoms. The number of benzene rings is 2. The first-order valence-electron chi connectivity index (χ1n) is 8.61. The maximum absolute atomic E-state index is 13.1. The van der Waals surface area contributed by atoms with E-state index < -0.39 is 30.3 Å². The molecule has 0 radical (unpaired) electrons. The van der Waals surface area contributed by atoms with Crippen LogP contribution < -0.4 is 4.90 Å². The van der Waals surface area contributed by atoms with Gasteiger partial charge < -0.3 is 9.47 Å². The zero-order valence-corrected chi connectivity index (χ0v) is 15.3. The summed E-state index contributed by atoms with van der Waals surface area (Å²) < 4.78 is 22.9. The van der Waals surface area contributed by atoms with E-state index in [1.165, 1.54) is 29.2 Å². The van der Waals surface area contributed by atoms with Crippen LogP contribution in [0, 0.1) is 5.82 Å². The number of amides is 1. The third kappa shape index (κ3) is 6.68. The van der Waals surface area contributed by atoms with Gasteiger partial charge in [-0.3, -0.25) is 14.5 Å². The van der Waals surface area contributed by atoms with E-state index >= 15 is 0 Å². The molecule has 0 N–H and O–H groups in total. The lowest BCUT2D eigenvalue weighted by molar-refractivity contribution is -0.144. The Morgan fingerprint density at radius 3 is 2.46 bits per heavy atom. The summed E-state index contributed by atoms with van der Waals surface area (Å²) in [6.07, 6.45) is 2.48. The lowest BCUT2D eigenvalue weighted by Crippen LogP contribution is -2.39. The smallest absolute Gasteiger partial charge is 0.331 e. The van der Waals surface area contributed by atoms with Gasteiger partial charge in [-0.2, -0.15) is 0 Å². The first-order chi connectivity index (χ1) is 13.5. The second-order valence-corrected chi connectivity index (χ2v) is 5.62. The van der Waals surface area contributed by atoms with Crippen LogP contribution in [0.25, 0.3) is 6.08 Å². The highest BCUT2D eigenvalue weighted by atomic mass is 19.1. The lowest BCUT2D eigenvalue weighted by Gasteiger charge is -2.21. The summed E-state index contributed by atoms with van der Waals surface area (Å²) in [4.78, 5) is 37.3. The van der Waals surface area contributed by atoms with E-state index in [-0.39, 0.29) is 13.2 Å². The average Bonchev–Trinajstić information content (AvgIpc) is 2.69. The SMILES string of the molecule is CCOC(=O)CN(C(=O)COC(=O)/C=C/c1cccc(F)c1)c1ccccc1. The summed E-state index contributed by atoms with van der Waals surface area (Å²) in [6.45, 7) is 1.00. The van der Waals surface area contributed by atoms with E-state index in [1.54, 1.807) is 43.3 Å². The molecule has 0 spiro atoms. The number of anilines is 1. The first kappa shape index (κ1) is 20.8. The number of para-hydroxylation sites is 1. The molecule has 0 aromatic heterocycles. The minimum Gasteiger partial charge on any atom is -0.465 e. The topological polar surface area (TPSA) is 72.9 Å². The lowest BCUT2D eigenvalue weighted by atomic mass is 10.2. The van der Waals surface area contributed by atoms with Gasteiger partial charge in [0.2, 0.25) is 0 Å². The van der Waals surface area contributed by atoms with Crippen molar-refractivity contribution in [1.82, 2.24) is 0 Å². The molecule has 0 fully saturated rings. The molecule has 0 atom stereocenters. The van der Waals surface area contributed by atoms with Gasteiger partial charge in [-0.15, -0.1) is 0 Å². The van der Waals surface area contributed by atoms with E-state index in [0.717, 1.165) is 6.08 Å². The molecule has 0 unspecified atom stereocenters. The molecular weight excluding hydrogens is 365 g/mol. The Morgan fingerprint density at radius 2 is 1.79 bits per heavy atom. The van der Waals surface area contributed by atoms with Crippen molar-refractivity contribution in [2.75, 3.05) is 24.7 Å². The van der Waals surface area contributed by atoms with Crippen LogP contribution in [0.3, 0.4) is 0 Å². The molecular formula is C21H20FNO5. The summed E-state index contributed by atoms with van der Waals surface area (Å²) in [7, 11) is 0. The third-order valence-electron chi connectivity index (χ3n) is 3.56. The number of hydrogen-bond acceptors (Lipinski definition) is 5. The Bertz CT molecular complexity index is 851. The highest BCUT2D eigenvalue weighted by molar-refractivity contribution is 5.99. The fourth-order valence-corrected chi connectivity index (χ4v) is 2.30. The fourth-order valence-electron chi connectivity index (χ4n) is 2.30. The number of carbonyl (C=O) groups excluding carboxylic acids is 3. The van der Waals surface area contributed by atoms with Gasteiger partial charge in [0.1, 0.15) is 12.4 Å². The molecule has 0 saturated carbocycles. The molecule has 2 rings (SSSR count). The number of halogens is 1. The van der Waals surface area contributed by atoms with Crippen LogP contribution in [0.4, 0.5) is 10.1 Å². The van der Waals surface area contributed by atoms with Gasteiger partial charge in [0, 0.05) is 11.8 Å². The minimum atomic E-state index is -0.762. The van der Waals surface area contributed by atoms with Crippen LogP contribution in [0.5, 0.6) is 0 Å². The Kier molecular flexibility index (Phi) is 7.90. The second-order valence-electron chi connectivity index (χ2n) is 5.62. The summed E-state index contributed by atoms with van der Waals surface area (Å²) in [6, 6.07) is 14.2. The van der Waals surface area contributed by atoms with Crippen LogP contribution in [0.15, 0.2) is 60.7 Å². The van der Waals surface area contributed by atoms with E-state index in [2.05, 4.69) is 0 Å². The normalized spacial score (nSPS) is 10.5. The van der Waals surface area contributed by atoms with Crippen molar-refractivity contribution < 1.29 is 28.2 Å². The second kappa shape index (κ2) is 10.6. The molecule has 0 aliphatic rings. The number of esters is 2. The summed E-state index contributed by atoms with van der Waals surface area (Å²) in [5.74, 6) is -2.34. The number of carbonyl (C=O) groups is 3. The third-order valence-corrected chi connectivity index (χ3v) is 3.56. The van der Waals surface area contributed by atoms with Crippen LogP contribution in [0.1, 0.15) is 12.5 Å². The van der Waals surface area contributed by atoms with Crippen molar-refractivity contribution in [3.05, 3.63) is 72.1 Å². The predicted octanol–water partition coefficient (Wildman–Crippen LogP) is 2.98. The maximum Gasteiger partial charge on any atom is 0.331 e. The van der Waals surface area contributed by atoms with E-state index in [9.17, 15) is 18.8 Å². The Hall–Kier alpha value is -3.48. The van der Waals surface area contributed by atoms with Crippen LogP contribution in [-0.2, 0) is 23.9 Å². The number of nitrogens with zero attached hydrogens (tertiary/aromatic N) is 1. The van der Waals surface area contributed by atoms with E-state index in [0.29, 0.717) is 11.3 Å². The van der Waals surface area contributed by atoms with Gasteiger partial charge in [-0.05, 0) is 42.8 Å². The highest BCUT2D eigenvalue weighted by Gasteiger charge is 2.20. The van der Waals surface area contributed by atoms with E-state index in [1.807, 2.05) is 0 Å². The van der Waals surface area contributed by atoms with Gasteiger partial charge in [-0.1, -0.05) is 30.3 Å². The Labute approximate surface area is 162 Å². The minimum absolute atomic E-state index is 0.190. The van der Waals surface area contributed by atoms with Crippen molar-refractivity contribution in [3.8, 4) is 0 Å². The summed E-state index contributed by atoms with van der Waals surface area (Å²) >= 11 is 0. The van der Waals surface area contributed by atoms with Crippen molar-refractivity contribution >= 4 is 29.6 Å². The largest absolute Gasteiger partial charge is 0.465 e. The van der Waals surface area contributed by atoms with Gasteiger partial charge in [-0.25, -0.2) is 9.18 Å². The standard InChI is InChI=1S/C21H20FNO5/c1-2-27-21(26)14-23(18-9-4-3-5-10-18)19(24)15-28-20(25)12-11-16-7-6-8-17(22)13-16/h3-13H,2,14-15H2,1H3/b12-11+. The molecule has 7 heteroatoms. The predicted molar refractivity (Wildman–Crippen MR) is 102 cm³/mol. The zero-order valence-electron chi connectivity index (χ0n) is 15.3. The van der Waals surface area contributed by atoms with Crippen molar-refractivity contribution in [2.24, 2.45) is 0 Å². The highest BCUT2D eigenvalue weighted by Crippen LogP contribution is 2.14. The molecule has 0 aliphatic heterocycles. The van der Waals surface area contributed by atoms with Gasteiger partial charge in [0.15, 0.2) is 6.61 Å². The van der Waals surface area contributed by atoms with Crippen molar-refractivity contribution in [2.45, 2.75) is 6.92 Å². The maximum atomic E-state index is 13.1. The van der Waals surface area contributed by atoms with Crippen LogP contribution in [-0.4, -0.2) is 37.6 Å². The van der Waals surface area contributed by atoms with Gasteiger partial charge in [0.25, 0.3) is 5.91 Å². The number of hydrogen-bond donors (Lipinski definition) is 0. The monoisotopic (exact) mass is 385 g/mol. The van der Waals surface area contributed by atoms with Crippen LogP contribution in [0.2, 0.25) is 0 Å². The Morgan fingerprint density at radius 1 is 1.04 bits per heavy atom. The molecule has 146 valence electrons. The van der Waals surface area contributed by atoms with Crippen molar-refractivity contribution in [3.63, 3.8) is 0 Å². The first-order valence-corrected chi connectivity index (χ1v) is 8.61. The molecule has 2 aromatic carbocycles. The molecule has 28 heavy (non-hydrogen) atoms. The quantitative estimate of drug-likeness (QED) is 0.516. The zero-order chi connectivity index (χ0) is 20.4. The molecule has 0 saturated heterocycles. The average molecular weight is 385 g/mol. The fraction of sp³-hybridized carbons (Fsp3) is 0.190. The van der Waals surface area contributed by atoms with Gasteiger partial charge >= 0.3 is 11.9 Å². The number of ether oxygens (including phenoxy) is 2. The molecule has 0 aliphatic carbocycles. The molecule has 0 heterocycles.